The summed E-state index contributed by atoms with van der Waals surface area (Å²) in [7, 11) is 0. The third kappa shape index (κ3) is 4.38. The molecule has 0 unspecified atom stereocenters. The van der Waals surface area contributed by atoms with Crippen LogP contribution in [-0.2, 0) is 17.8 Å². The van der Waals surface area contributed by atoms with E-state index in [0.717, 1.165) is 10.2 Å². The Hall–Kier alpha value is -4.47. The number of carbonyl (C=O) groups is 4. The van der Waals surface area contributed by atoms with E-state index in [0.29, 0.717) is 16.8 Å². The summed E-state index contributed by atoms with van der Waals surface area (Å²) in [5.41, 5.74) is 2.79. The van der Waals surface area contributed by atoms with Gasteiger partial charge in [0.2, 0.25) is 0 Å². The summed E-state index contributed by atoms with van der Waals surface area (Å²) in [5, 5.41) is 15.9. The number of carboxylic acid groups (broad SMARTS) is 1. The van der Waals surface area contributed by atoms with E-state index in [1.54, 1.807) is 24.0 Å². The second-order valence-corrected chi connectivity index (χ2v) is 7.75. The highest BCUT2D eigenvalue weighted by Crippen LogP contribution is 2.31. The van der Waals surface area contributed by atoms with Crippen molar-refractivity contribution < 1.29 is 29.0 Å². The third-order valence-electron chi connectivity index (χ3n) is 5.43. The SMILES string of the molecule is CCOC(=O)n1nc(NC(=O)c2ccc(C(=O)O)cc2)c2c1CN(C(=O)c1ccc(C)cc1)C2. The van der Waals surface area contributed by atoms with E-state index in [4.69, 9.17) is 9.84 Å². The average Bonchev–Trinajstić information content (AvgIpc) is 3.40. The van der Waals surface area contributed by atoms with Crippen molar-refractivity contribution in [3.05, 3.63) is 82.0 Å². The zero-order valence-electron chi connectivity index (χ0n) is 18.6. The zero-order chi connectivity index (χ0) is 24.4. The van der Waals surface area contributed by atoms with Crippen LogP contribution in [0.4, 0.5) is 10.6 Å². The lowest BCUT2D eigenvalue weighted by Gasteiger charge is -2.17. The second-order valence-electron chi connectivity index (χ2n) is 7.75. The van der Waals surface area contributed by atoms with Gasteiger partial charge in [-0.15, -0.1) is 5.10 Å². The Balaban J connectivity index is 1.61. The van der Waals surface area contributed by atoms with Gasteiger partial charge in [-0.25, -0.2) is 9.59 Å². The lowest BCUT2D eigenvalue weighted by molar-refractivity contribution is 0.0695. The fourth-order valence-corrected chi connectivity index (χ4v) is 3.64. The van der Waals surface area contributed by atoms with Crippen molar-refractivity contribution in [2.45, 2.75) is 26.9 Å². The van der Waals surface area contributed by atoms with Gasteiger partial charge in [0.25, 0.3) is 11.8 Å². The molecule has 0 fully saturated rings. The normalized spacial score (nSPS) is 12.2. The minimum atomic E-state index is -1.10. The van der Waals surface area contributed by atoms with Gasteiger partial charge in [-0.1, -0.05) is 17.7 Å². The summed E-state index contributed by atoms with van der Waals surface area (Å²) in [6.07, 6.45) is -0.713. The van der Waals surface area contributed by atoms with Crippen LogP contribution in [0, 0.1) is 6.92 Å². The number of amides is 2. The Morgan fingerprint density at radius 3 is 2.21 bits per heavy atom. The number of anilines is 1. The van der Waals surface area contributed by atoms with Gasteiger partial charge in [0.1, 0.15) is 0 Å². The van der Waals surface area contributed by atoms with Gasteiger partial charge in [0.15, 0.2) is 5.82 Å². The van der Waals surface area contributed by atoms with E-state index in [9.17, 15) is 19.2 Å². The molecule has 10 nitrogen and oxygen atoms in total. The number of hydrogen-bond acceptors (Lipinski definition) is 6. The first-order chi connectivity index (χ1) is 16.3. The molecule has 174 valence electrons. The van der Waals surface area contributed by atoms with E-state index in [1.807, 2.05) is 19.1 Å². The Morgan fingerprint density at radius 1 is 0.971 bits per heavy atom. The third-order valence-corrected chi connectivity index (χ3v) is 5.43. The van der Waals surface area contributed by atoms with Crippen LogP contribution < -0.4 is 5.32 Å². The highest BCUT2D eigenvalue weighted by atomic mass is 16.6. The molecule has 2 aromatic carbocycles. The van der Waals surface area contributed by atoms with Crippen LogP contribution in [0.25, 0.3) is 0 Å². The summed E-state index contributed by atoms with van der Waals surface area (Å²) in [6, 6.07) is 12.6. The van der Waals surface area contributed by atoms with Crippen LogP contribution in [0.2, 0.25) is 0 Å². The Labute approximate surface area is 194 Å². The van der Waals surface area contributed by atoms with Gasteiger partial charge >= 0.3 is 12.1 Å². The largest absolute Gasteiger partial charge is 0.478 e. The fraction of sp³-hybridized carbons (Fsp3) is 0.208. The number of aryl methyl sites for hydroxylation is 1. The molecule has 2 amide bonds. The monoisotopic (exact) mass is 462 g/mol. The molecule has 0 spiro atoms. The van der Waals surface area contributed by atoms with Crippen LogP contribution in [0.5, 0.6) is 0 Å². The first kappa shape index (κ1) is 22.7. The maximum Gasteiger partial charge on any atom is 0.435 e. The van der Waals surface area contributed by atoms with E-state index in [2.05, 4.69) is 10.4 Å². The molecule has 0 aliphatic carbocycles. The van der Waals surface area contributed by atoms with Crippen molar-refractivity contribution in [2.75, 3.05) is 11.9 Å². The molecule has 0 saturated carbocycles. The standard InChI is InChI=1S/C24H22N4O6/c1-3-34-24(33)28-19-13-27(22(30)16-6-4-14(2)5-7-16)12-18(19)20(26-28)25-21(29)15-8-10-17(11-9-15)23(31)32/h4-11H,3,12-13H2,1-2H3,(H,31,32)(H,25,26,29). The van der Waals surface area contributed by atoms with Crippen LogP contribution in [0.1, 0.15) is 54.8 Å². The topological polar surface area (TPSA) is 131 Å². The molecule has 0 atom stereocenters. The van der Waals surface area contributed by atoms with Crippen molar-refractivity contribution in [3.63, 3.8) is 0 Å². The lowest BCUT2D eigenvalue weighted by Crippen LogP contribution is -2.27. The molecule has 1 aliphatic heterocycles. The Kier molecular flexibility index (Phi) is 6.13. The summed E-state index contributed by atoms with van der Waals surface area (Å²) < 4.78 is 6.13. The molecule has 10 heteroatoms. The number of carbonyl (C=O) groups excluding carboxylic acids is 3. The highest BCUT2D eigenvalue weighted by molar-refractivity contribution is 6.05. The maximum atomic E-state index is 13.0. The molecule has 2 heterocycles. The maximum absolute atomic E-state index is 13.0. The van der Waals surface area contributed by atoms with Crippen molar-refractivity contribution in [1.82, 2.24) is 14.7 Å². The Morgan fingerprint density at radius 2 is 1.59 bits per heavy atom. The fourth-order valence-electron chi connectivity index (χ4n) is 3.64. The predicted molar refractivity (Wildman–Crippen MR) is 121 cm³/mol. The smallest absolute Gasteiger partial charge is 0.435 e. The van der Waals surface area contributed by atoms with E-state index < -0.39 is 18.0 Å². The van der Waals surface area contributed by atoms with Crippen molar-refractivity contribution in [3.8, 4) is 0 Å². The van der Waals surface area contributed by atoms with Gasteiger partial charge in [-0.3, -0.25) is 9.59 Å². The molecule has 0 bridgehead atoms. The second kappa shape index (κ2) is 9.18. The van der Waals surface area contributed by atoms with E-state index in [1.165, 1.54) is 24.3 Å². The summed E-state index contributed by atoms with van der Waals surface area (Å²) >= 11 is 0. The molecule has 1 aliphatic rings. The van der Waals surface area contributed by atoms with Crippen molar-refractivity contribution in [1.29, 1.82) is 0 Å². The molecular weight excluding hydrogens is 440 g/mol. The highest BCUT2D eigenvalue weighted by Gasteiger charge is 2.34. The van der Waals surface area contributed by atoms with Gasteiger partial charge in [0.05, 0.1) is 31.0 Å². The van der Waals surface area contributed by atoms with Gasteiger partial charge < -0.3 is 20.1 Å². The van der Waals surface area contributed by atoms with Crippen molar-refractivity contribution >= 4 is 29.7 Å². The first-order valence-corrected chi connectivity index (χ1v) is 10.6. The number of carboxylic acids is 1. The van der Waals surface area contributed by atoms with Crippen LogP contribution in [0.3, 0.4) is 0 Å². The van der Waals surface area contributed by atoms with Gasteiger partial charge in [-0.05, 0) is 50.2 Å². The molecule has 0 radical (unpaired) electrons. The van der Waals surface area contributed by atoms with Gasteiger partial charge in [-0.2, -0.15) is 4.68 Å². The number of hydrogen-bond donors (Lipinski definition) is 2. The first-order valence-electron chi connectivity index (χ1n) is 10.6. The number of nitrogens with zero attached hydrogens (tertiary/aromatic N) is 3. The summed E-state index contributed by atoms with van der Waals surface area (Å²) in [6.45, 7) is 4.00. The molecule has 0 saturated heterocycles. The van der Waals surface area contributed by atoms with Gasteiger partial charge in [0, 0.05) is 16.7 Å². The summed E-state index contributed by atoms with van der Waals surface area (Å²) in [4.78, 5) is 50.8. The molecular formula is C24H22N4O6. The predicted octanol–water partition coefficient (Wildman–Crippen LogP) is 3.30. The number of nitrogens with one attached hydrogen (secondary N) is 1. The molecule has 34 heavy (non-hydrogen) atoms. The van der Waals surface area contributed by atoms with Crippen LogP contribution in [0.15, 0.2) is 48.5 Å². The molecule has 2 N–H and O–H groups in total. The molecule has 4 rings (SSSR count). The summed E-state index contributed by atoms with van der Waals surface area (Å²) in [5.74, 6) is -1.71. The van der Waals surface area contributed by atoms with E-state index in [-0.39, 0.29) is 42.5 Å². The van der Waals surface area contributed by atoms with Crippen LogP contribution >= 0.6 is 0 Å². The zero-order valence-corrected chi connectivity index (χ0v) is 18.6. The van der Waals surface area contributed by atoms with E-state index >= 15 is 0 Å². The minimum Gasteiger partial charge on any atom is -0.478 e. The number of benzene rings is 2. The van der Waals surface area contributed by atoms with Crippen LogP contribution in [-0.4, -0.2) is 50.3 Å². The number of fused-ring (bicyclic) bond motifs is 1. The average molecular weight is 462 g/mol. The molecule has 3 aromatic rings. The quantitative estimate of drug-likeness (QED) is 0.595. The number of rotatable bonds is 5. The molecule has 1 aromatic heterocycles. The lowest BCUT2D eigenvalue weighted by atomic mass is 10.1. The number of aromatic carboxylic acids is 1. The van der Waals surface area contributed by atoms with Crippen molar-refractivity contribution in [2.24, 2.45) is 0 Å². The minimum absolute atomic E-state index is 0.0503. The number of aromatic nitrogens is 2. The Bertz CT molecular complexity index is 1280. The number of ether oxygens (including phenoxy) is 1.